The van der Waals surface area contributed by atoms with Gasteiger partial charge in [-0.2, -0.15) is 0 Å². The number of nitrogens with zero attached hydrogens (tertiary/aromatic N) is 4. The van der Waals surface area contributed by atoms with Gasteiger partial charge in [0.2, 0.25) is 15.8 Å². The van der Waals surface area contributed by atoms with E-state index in [1.807, 2.05) is 0 Å². The molecule has 1 N–H and O–H groups in total. The number of morpholine rings is 1. The van der Waals surface area contributed by atoms with Crippen molar-refractivity contribution in [3.05, 3.63) is 6.07 Å². The van der Waals surface area contributed by atoms with Crippen LogP contribution in [0.1, 0.15) is 25.7 Å². The van der Waals surface area contributed by atoms with Crippen LogP contribution in [-0.2, 0) is 14.6 Å². The van der Waals surface area contributed by atoms with Gasteiger partial charge in [0.1, 0.15) is 11.6 Å². The second-order valence-electron chi connectivity index (χ2n) is 6.98. The number of amides is 1. The van der Waals surface area contributed by atoms with Gasteiger partial charge in [-0.05, 0) is 12.8 Å². The molecule has 1 amide bonds. The Morgan fingerprint density at radius 1 is 1.29 bits per heavy atom. The summed E-state index contributed by atoms with van der Waals surface area (Å²) in [6.07, 6.45) is -1.37. The molecule has 0 atom stereocenters. The lowest BCUT2D eigenvalue weighted by molar-refractivity contribution is -0.0379. The number of alkyl halides is 2. The Morgan fingerprint density at radius 3 is 2.43 bits per heavy atom. The van der Waals surface area contributed by atoms with E-state index in [0.717, 1.165) is 11.2 Å². The lowest BCUT2D eigenvalue weighted by atomic mass is 9.91. The van der Waals surface area contributed by atoms with E-state index in [1.165, 1.54) is 6.07 Å². The van der Waals surface area contributed by atoms with Crippen molar-refractivity contribution in [1.29, 1.82) is 0 Å². The Morgan fingerprint density at radius 2 is 1.89 bits per heavy atom. The van der Waals surface area contributed by atoms with Crippen LogP contribution >= 0.6 is 0 Å². The van der Waals surface area contributed by atoms with Gasteiger partial charge in [-0.1, -0.05) is 0 Å². The molecule has 156 valence electrons. The zero-order chi connectivity index (χ0) is 20.5. The Hall–Kier alpha value is -2.08. The number of aromatic nitrogens is 2. The minimum atomic E-state index is -3.81. The molecule has 0 unspecified atom stereocenters. The fourth-order valence-corrected chi connectivity index (χ4v) is 3.89. The zero-order valence-electron chi connectivity index (χ0n) is 15.3. The molecule has 2 aliphatic rings. The van der Waals surface area contributed by atoms with Crippen LogP contribution in [0.25, 0.3) is 0 Å². The van der Waals surface area contributed by atoms with Gasteiger partial charge in [0.05, 0.1) is 13.2 Å². The van der Waals surface area contributed by atoms with Gasteiger partial charge in [0, 0.05) is 44.3 Å². The van der Waals surface area contributed by atoms with E-state index in [2.05, 4.69) is 9.97 Å². The molecule has 1 aromatic rings. The van der Waals surface area contributed by atoms with Crippen molar-refractivity contribution >= 4 is 27.6 Å². The van der Waals surface area contributed by atoms with Gasteiger partial charge < -0.3 is 14.7 Å². The molecule has 1 aliphatic carbocycles. The molecule has 9 nitrogen and oxygen atoms in total. The summed E-state index contributed by atoms with van der Waals surface area (Å²) in [4.78, 5) is 22.6. The highest BCUT2D eigenvalue weighted by molar-refractivity contribution is 7.90. The summed E-state index contributed by atoms with van der Waals surface area (Å²) < 4.78 is 56.3. The second-order valence-corrected chi connectivity index (χ2v) is 8.89. The minimum absolute atomic E-state index is 0.0373. The van der Waals surface area contributed by atoms with Crippen molar-refractivity contribution in [2.24, 2.45) is 0 Å². The van der Waals surface area contributed by atoms with E-state index in [0.29, 0.717) is 26.3 Å². The first-order valence-electron chi connectivity index (χ1n) is 8.89. The number of hydrogen-bond acceptors (Lipinski definition) is 7. The maximum Gasteiger partial charge on any atom is 0.413 e. The van der Waals surface area contributed by atoms with Crippen molar-refractivity contribution in [3.8, 4) is 0 Å². The molecular weight excluding hydrogens is 398 g/mol. The molecule has 3 rings (SSSR count). The number of sulfone groups is 1. The summed E-state index contributed by atoms with van der Waals surface area (Å²) in [6.45, 7) is 1.77. The maximum absolute atomic E-state index is 13.5. The quantitative estimate of drug-likeness (QED) is 0.734. The SMILES string of the molecule is CS(=O)(=O)c1nc(N2CCOCC2)cc(N(C(=O)O)C2CCC(F)(F)CC2)n1. The minimum Gasteiger partial charge on any atom is -0.465 e. The molecule has 2 heterocycles. The van der Waals surface area contributed by atoms with E-state index >= 15 is 0 Å². The molecule has 1 aromatic heterocycles. The van der Waals surface area contributed by atoms with Gasteiger partial charge in [-0.15, -0.1) is 0 Å². The van der Waals surface area contributed by atoms with Crippen molar-refractivity contribution in [2.75, 3.05) is 42.4 Å². The normalized spacial score (nSPS) is 20.8. The standard InChI is InChI=1S/C16H22F2N4O5S/c1-28(25,26)14-19-12(21-6-8-27-9-7-21)10-13(20-14)22(15(23)24)11-2-4-16(17,18)5-3-11/h10-11H,2-9H2,1H3,(H,23,24). The van der Waals surface area contributed by atoms with Crippen LogP contribution in [0.4, 0.5) is 25.2 Å². The summed E-state index contributed by atoms with van der Waals surface area (Å²) in [5.74, 6) is -2.68. The third-order valence-electron chi connectivity index (χ3n) is 4.85. The number of ether oxygens (including phenoxy) is 1. The average Bonchev–Trinajstić information content (AvgIpc) is 2.63. The predicted octanol–water partition coefficient (Wildman–Crippen LogP) is 1.78. The van der Waals surface area contributed by atoms with Crippen LogP contribution in [0.5, 0.6) is 0 Å². The molecule has 0 radical (unpaired) electrons. The van der Waals surface area contributed by atoms with E-state index in [-0.39, 0.29) is 24.5 Å². The lowest BCUT2D eigenvalue weighted by Gasteiger charge is -2.35. The molecule has 0 spiro atoms. The highest BCUT2D eigenvalue weighted by Gasteiger charge is 2.39. The summed E-state index contributed by atoms with van der Waals surface area (Å²) in [5, 5.41) is 9.20. The Labute approximate surface area is 161 Å². The first-order chi connectivity index (χ1) is 13.1. The molecule has 28 heavy (non-hydrogen) atoms. The Kier molecular flexibility index (Phi) is 5.71. The first-order valence-corrected chi connectivity index (χ1v) is 10.8. The molecule has 2 fully saturated rings. The fourth-order valence-electron chi connectivity index (χ4n) is 3.37. The van der Waals surface area contributed by atoms with E-state index < -0.39 is 45.9 Å². The number of carbonyl (C=O) groups is 1. The number of anilines is 2. The molecule has 0 aromatic carbocycles. The van der Waals surface area contributed by atoms with E-state index in [9.17, 15) is 27.1 Å². The number of carboxylic acid groups (broad SMARTS) is 1. The largest absolute Gasteiger partial charge is 0.465 e. The van der Waals surface area contributed by atoms with Crippen LogP contribution in [0, 0.1) is 0 Å². The topological polar surface area (TPSA) is 113 Å². The third-order valence-corrected chi connectivity index (χ3v) is 5.70. The van der Waals surface area contributed by atoms with Crippen LogP contribution in [0.15, 0.2) is 11.2 Å². The van der Waals surface area contributed by atoms with Crippen LogP contribution < -0.4 is 9.80 Å². The molecule has 1 aliphatic heterocycles. The highest BCUT2D eigenvalue weighted by atomic mass is 32.2. The Bertz CT molecular complexity index is 835. The van der Waals surface area contributed by atoms with Gasteiger partial charge >= 0.3 is 6.09 Å². The maximum atomic E-state index is 13.5. The second kappa shape index (κ2) is 7.74. The number of hydrogen-bond donors (Lipinski definition) is 1. The first kappa shape index (κ1) is 20.6. The molecule has 12 heteroatoms. The van der Waals surface area contributed by atoms with Gasteiger partial charge in [-0.3, -0.25) is 4.90 Å². The average molecular weight is 420 g/mol. The monoisotopic (exact) mass is 420 g/mol. The molecule has 1 saturated carbocycles. The third kappa shape index (κ3) is 4.66. The lowest BCUT2D eigenvalue weighted by Crippen LogP contribution is -2.44. The smallest absolute Gasteiger partial charge is 0.413 e. The molecule has 0 bridgehead atoms. The summed E-state index contributed by atoms with van der Waals surface area (Å²) in [5.41, 5.74) is 0. The molecule has 1 saturated heterocycles. The fraction of sp³-hybridized carbons (Fsp3) is 0.688. The number of halogens is 2. The molecular formula is C16H22F2N4O5S. The van der Waals surface area contributed by atoms with Gasteiger partial charge in [0.15, 0.2) is 0 Å². The van der Waals surface area contributed by atoms with Crippen LogP contribution in [-0.4, -0.2) is 74.1 Å². The van der Waals surface area contributed by atoms with Crippen LogP contribution in [0.2, 0.25) is 0 Å². The van der Waals surface area contributed by atoms with E-state index in [1.54, 1.807) is 4.90 Å². The predicted molar refractivity (Wildman–Crippen MR) is 95.9 cm³/mol. The van der Waals surface area contributed by atoms with Gasteiger partial charge in [-0.25, -0.2) is 32.0 Å². The van der Waals surface area contributed by atoms with Crippen molar-refractivity contribution in [1.82, 2.24) is 9.97 Å². The summed E-state index contributed by atoms with van der Waals surface area (Å²) >= 11 is 0. The van der Waals surface area contributed by atoms with Gasteiger partial charge in [0.25, 0.3) is 5.16 Å². The highest BCUT2D eigenvalue weighted by Crippen LogP contribution is 2.37. The van der Waals surface area contributed by atoms with Crippen molar-refractivity contribution < 1.29 is 31.8 Å². The van der Waals surface area contributed by atoms with Crippen LogP contribution in [0.3, 0.4) is 0 Å². The van der Waals surface area contributed by atoms with Crippen molar-refractivity contribution in [3.63, 3.8) is 0 Å². The summed E-state index contributed by atoms with van der Waals surface area (Å²) in [7, 11) is -3.81. The Balaban J connectivity index is 2.00. The zero-order valence-corrected chi connectivity index (χ0v) is 16.2. The summed E-state index contributed by atoms with van der Waals surface area (Å²) in [6, 6.07) is 0.679. The number of rotatable bonds is 4. The van der Waals surface area contributed by atoms with Crippen molar-refractivity contribution in [2.45, 2.75) is 42.8 Å². The van der Waals surface area contributed by atoms with E-state index in [4.69, 9.17) is 4.74 Å².